The van der Waals surface area contributed by atoms with E-state index < -0.39 is 16.8 Å². The van der Waals surface area contributed by atoms with E-state index in [1.54, 1.807) is 49.3 Å². The number of nitrogens with zero attached hydrogens (tertiary/aromatic N) is 3. The summed E-state index contributed by atoms with van der Waals surface area (Å²) in [6, 6.07) is 18.2. The van der Waals surface area contributed by atoms with Crippen LogP contribution in [0.25, 0.3) is 11.3 Å². The van der Waals surface area contributed by atoms with Gasteiger partial charge in [-0.3, -0.25) is 19.7 Å². The van der Waals surface area contributed by atoms with Gasteiger partial charge in [-0.15, -0.1) is 0 Å². The van der Waals surface area contributed by atoms with Gasteiger partial charge >= 0.3 is 5.97 Å². The largest absolute Gasteiger partial charge is 0.465 e. The number of carbonyl (C=O) groups excluding carboxylic acids is 3. The van der Waals surface area contributed by atoms with Gasteiger partial charge in [0.2, 0.25) is 5.91 Å². The summed E-state index contributed by atoms with van der Waals surface area (Å²) in [5.41, 5.74) is 2.88. The van der Waals surface area contributed by atoms with Gasteiger partial charge in [0.15, 0.2) is 0 Å². The maximum Gasteiger partial charge on any atom is 0.337 e. The lowest BCUT2D eigenvalue weighted by atomic mass is 9.99. The standard InChI is InChI=1S/C28H27N5O6/c1-31(2)16-24(34)32(3)22-13-11-19(15-23(22)33(37)38)29-26(17-8-6-5-7-9-17)25-20-12-10-18(28(36)39-4)14-21(20)30-27(25)35/h5-15,29H,16H2,1-4H3,(H,30,35)/b26-25-. The van der Waals surface area contributed by atoms with Gasteiger partial charge in [-0.05, 0) is 43.9 Å². The molecule has 1 aliphatic rings. The topological polar surface area (TPSA) is 134 Å². The van der Waals surface area contributed by atoms with Crippen molar-refractivity contribution in [2.75, 3.05) is 50.3 Å². The van der Waals surface area contributed by atoms with E-state index >= 15 is 0 Å². The van der Waals surface area contributed by atoms with Crippen LogP contribution in [0.4, 0.5) is 22.7 Å². The van der Waals surface area contributed by atoms with Crippen molar-refractivity contribution >= 4 is 51.8 Å². The van der Waals surface area contributed by atoms with E-state index in [9.17, 15) is 24.5 Å². The van der Waals surface area contributed by atoms with Crippen LogP contribution in [0.3, 0.4) is 0 Å². The molecule has 200 valence electrons. The van der Waals surface area contributed by atoms with Gasteiger partial charge in [0.1, 0.15) is 5.69 Å². The lowest BCUT2D eigenvalue weighted by Crippen LogP contribution is -2.35. The molecule has 11 nitrogen and oxygen atoms in total. The molecule has 39 heavy (non-hydrogen) atoms. The third-order valence-corrected chi connectivity index (χ3v) is 6.13. The average Bonchev–Trinajstić information content (AvgIpc) is 3.25. The van der Waals surface area contributed by atoms with Crippen molar-refractivity contribution in [1.29, 1.82) is 0 Å². The molecule has 0 saturated carbocycles. The van der Waals surface area contributed by atoms with E-state index in [1.807, 2.05) is 18.2 Å². The highest BCUT2D eigenvalue weighted by atomic mass is 16.6. The van der Waals surface area contributed by atoms with Gasteiger partial charge in [-0.1, -0.05) is 36.4 Å². The predicted molar refractivity (Wildman–Crippen MR) is 148 cm³/mol. The zero-order chi connectivity index (χ0) is 28.3. The maximum absolute atomic E-state index is 13.2. The van der Waals surface area contributed by atoms with Crippen LogP contribution in [0.2, 0.25) is 0 Å². The molecule has 0 radical (unpaired) electrons. The summed E-state index contributed by atoms with van der Waals surface area (Å²) in [6.07, 6.45) is 0. The second-order valence-corrected chi connectivity index (χ2v) is 9.10. The highest BCUT2D eigenvalue weighted by molar-refractivity contribution is 6.37. The summed E-state index contributed by atoms with van der Waals surface area (Å²) >= 11 is 0. The first-order valence-electron chi connectivity index (χ1n) is 11.9. The van der Waals surface area contributed by atoms with Crippen molar-refractivity contribution in [3.63, 3.8) is 0 Å². The predicted octanol–water partition coefficient (Wildman–Crippen LogP) is 3.84. The van der Waals surface area contributed by atoms with Crippen LogP contribution in [-0.2, 0) is 14.3 Å². The van der Waals surface area contributed by atoms with E-state index in [0.717, 1.165) is 0 Å². The molecule has 11 heteroatoms. The normalized spacial score (nSPS) is 13.4. The SMILES string of the molecule is COC(=O)c1ccc2c(c1)NC(=O)/C2=C(\Nc1ccc(N(C)C(=O)CN(C)C)c([N+](=O)[O-])c1)c1ccccc1. The first-order chi connectivity index (χ1) is 18.6. The zero-order valence-corrected chi connectivity index (χ0v) is 21.8. The minimum Gasteiger partial charge on any atom is -0.465 e. The number of amides is 2. The van der Waals surface area contributed by atoms with Crippen LogP contribution < -0.4 is 15.5 Å². The fraction of sp³-hybridized carbons (Fsp3) is 0.179. The lowest BCUT2D eigenvalue weighted by Gasteiger charge is -2.20. The van der Waals surface area contributed by atoms with Crippen molar-refractivity contribution in [1.82, 2.24) is 4.90 Å². The van der Waals surface area contributed by atoms with Crippen LogP contribution in [0, 0.1) is 10.1 Å². The molecule has 0 fully saturated rings. The second-order valence-electron chi connectivity index (χ2n) is 9.10. The Morgan fingerprint density at radius 1 is 1.00 bits per heavy atom. The minimum absolute atomic E-state index is 0.0874. The zero-order valence-electron chi connectivity index (χ0n) is 21.8. The van der Waals surface area contributed by atoms with Crippen LogP contribution in [0.1, 0.15) is 21.5 Å². The number of fused-ring (bicyclic) bond motifs is 1. The molecule has 0 spiro atoms. The first-order valence-corrected chi connectivity index (χ1v) is 11.9. The van der Waals surface area contributed by atoms with Crippen molar-refractivity contribution in [3.05, 3.63) is 93.5 Å². The molecule has 2 amide bonds. The van der Waals surface area contributed by atoms with Gasteiger partial charge in [0.05, 0.1) is 41.1 Å². The van der Waals surface area contributed by atoms with Crippen LogP contribution in [-0.4, -0.2) is 62.4 Å². The van der Waals surface area contributed by atoms with Gasteiger partial charge in [-0.2, -0.15) is 0 Å². The number of nitro benzene ring substituents is 1. The number of rotatable bonds is 8. The number of methoxy groups -OCH3 is 1. The van der Waals surface area contributed by atoms with Crippen LogP contribution in [0.5, 0.6) is 0 Å². The summed E-state index contributed by atoms with van der Waals surface area (Å²) in [6.45, 7) is 0.0874. The highest BCUT2D eigenvalue weighted by Gasteiger charge is 2.30. The smallest absolute Gasteiger partial charge is 0.337 e. The molecule has 0 bridgehead atoms. The number of benzene rings is 3. The number of esters is 1. The van der Waals surface area contributed by atoms with E-state index in [0.29, 0.717) is 33.8 Å². The molecule has 3 aromatic rings. The van der Waals surface area contributed by atoms with Crippen molar-refractivity contribution in [2.24, 2.45) is 0 Å². The molecular weight excluding hydrogens is 502 g/mol. The summed E-state index contributed by atoms with van der Waals surface area (Å²) < 4.78 is 4.78. The van der Waals surface area contributed by atoms with Crippen LogP contribution in [0.15, 0.2) is 66.7 Å². The van der Waals surface area contributed by atoms with Gasteiger partial charge in [0, 0.05) is 24.4 Å². The molecular formula is C28H27N5O6. The summed E-state index contributed by atoms with van der Waals surface area (Å²) in [4.78, 5) is 52.1. The monoisotopic (exact) mass is 529 g/mol. The Bertz CT molecular complexity index is 1500. The highest BCUT2D eigenvalue weighted by Crippen LogP contribution is 2.39. The Morgan fingerprint density at radius 3 is 2.36 bits per heavy atom. The molecule has 0 aliphatic carbocycles. The molecule has 3 aromatic carbocycles. The molecule has 0 atom stereocenters. The molecule has 1 heterocycles. The summed E-state index contributed by atoms with van der Waals surface area (Å²) in [5.74, 6) is -1.24. The third kappa shape index (κ3) is 5.63. The number of carbonyl (C=O) groups is 3. The fourth-order valence-corrected chi connectivity index (χ4v) is 4.24. The van der Waals surface area contributed by atoms with E-state index in [1.165, 1.54) is 37.3 Å². The molecule has 0 unspecified atom stereocenters. The van der Waals surface area contributed by atoms with Crippen molar-refractivity contribution in [3.8, 4) is 0 Å². The fourth-order valence-electron chi connectivity index (χ4n) is 4.24. The minimum atomic E-state index is -0.554. The Morgan fingerprint density at radius 2 is 1.72 bits per heavy atom. The van der Waals surface area contributed by atoms with E-state index in [4.69, 9.17) is 4.74 Å². The number of nitro groups is 1. The van der Waals surface area contributed by atoms with Gasteiger partial charge < -0.3 is 25.2 Å². The van der Waals surface area contributed by atoms with Gasteiger partial charge in [0.25, 0.3) is 11.6 Å². The molecule has 0 aromatic heterocycles. The van der Waals surface area contributed by atoms with Crippen molar-refractivity contribution < 1.29 is 24.0 Å². The summed E-state index contributed by atoms with van der Waals surface area (Å²) in [7, 11) is 6.23. The Kier molecular flexibility index (Phi) is 7.73. The number of hydrogen-bond donors (Lipinski definition) is 2. The quantitative estimate of drug-likeness (QED) is 0.195. The van der Waals surface area contributed by atoms with Crippen LogP contribution >= 0.6 is 0 Å². The number of anilines is 3. The molecule has 1 aliphatic heterocycles. The molecule has 4 rings (SSSR count). The molecule has 2 N–H and O–H groups in total. The third-order valence-electron chi connectivity index (χ3n) is 6.13. The summed E-state index contributed by atoms with van der Waals surface area (Å²) in [5, 5.41) is 18.0. The average molecular weight is 530 g/mol. The number of likely N-dealkylation sites (N-methyl/N-ethyl adjacent to an activating group) is 2. The molecule has 0 saturated heterocycles. The first kappa shape index (κ1) is 27.0. The second kappa shape index (κ2) is 11.2. The van der Waals surface area contributed by atoms with E-state index in [-0.39, 0.29) is 29.4 Å². The lowest BCUT2D eigenvalue weighted by molar-refractivity contribution is -0.384. The van der Waals surface area contributed by atoms with Gasteiger partial charge in [-0.25, -0.2) is 4.79 Å². The van der Waals surface area contributed by atoms with Crippen molar-refractivity contribution in [2.45, 2.75) is 0 Å². The Labute approximate surface area is 224 Å². The number of nitrogens with one attached hydrogen (secondary N) is 2. The number of hydrogen-bond acceptors (Lipinski definition) is 8. The Balaban J connectivity index is 1.81. The number of ether oxygens (including phenoxy) is 1. The maximum atomic E-state index is 13.2. The van der Waals surface area contributed by atoms with E-state index in [2.05, 4.69) is 10.6 Å². The Hall–Kier alpha value is -5.03.